The van der Waals surface area contributed by atoms with Gasteiger partial charge in [-0.15, -0.1) is 0 Å². The van der Waals surface area contributed by atoms with Crippen molar-refractivity contribution in [1.29, 1.82) is 0 Å². The van der Waals surface area contributed by atoms with Crippen molar-refractivity contribution >= 4 is 11.9 Å². The Morgan fingerprint density at radius 3 is 2.33 bits per heavy atom. The average molecular weight is 410 g/mol. The third-order valence-electron chi connectivity index (χ3n) is 5.25. The normalized spacial score (nSPS) is 14.2. The molecule has 1 saturated heterocycles. The summed E-state index contributed by atoms with van der Waals surface area (Å²) in [5, 5.41) is 0. The van der Waals surface area contributed by atoms with Gasteiger partial charge in [-0.1, -0.05) is 51.1 Å². The smallest absolute Gasteiger partial charge is 0.306 e. The topological polar surface area (TPSA) is 55.8 Å². The molecule has 2 aromatic rings. The van der Waals surface area contributed by atoms with Crippen molar-refractivity contribution in [2.75, 3.05) is 19.7 Å². The Balaban J connectivity index is 1.51. The van der Waals surface area contributed by atoms with E-state index in [1.165, 1.54) is 5.56 Å². The first-order valence-electron chi connectivity index (χ1n) is 10.6. The number of benzene rings is 2. The molecule has 1 heterocycles. The van der Waals surface area contributed by atoms with E-state index in [-0.39, 0.29) is 23.4 Å². The van der Waals surface area contributed by atoms with Gasteiger partial charge < -0.3 is 14.4 Å². The quantitative estimate of drug-likeness (QED) is 0.637. The molecule has 5 heteroatoms. The summed E-state index contributed by atoms with van der Waals surface area (Å²) in [6.07, 6.45) is 0.976. The Morgan fingerprint density at radius 1 is 1.03 bits per heavy atom. The van der Waals surface area contributed by atoms with Gasteiger partial charge in [-0.2, -0.15) is 0 Å². The van der Waals surface area contributed by atoms with Crippen LogP contribution in [0.2, 0.25) is 0 Å². The largest absolute Gasteiger partial charge is 0.486 e. The lowest BCUT2D eigenvalue weighted by Gasteiger charge is -2.40. The Bertz CT molecular complexity index is 877. The molecule has 1 fully saturated rings. The van der Waals surface area contributed by atoms with Crippen molar-refractivity contribution in [1.82, 2.24) is 4.90 Å². The van der Waals surface area contributed by atoms with E-state index < -0.39 is 0 Å². The number of ether oxygens (including phenoxy) is 2. The molecule has 0 saturated carbocycles. The van der Waals surface area contributed by atoms with Gasteiger partial charge in [-0.05, 0) is 48.1 Å². The maximum Gasteiger partial charge on any atom is 0.306 e. The summed E-state index contributed by atoms with van der Waals surface area (Å²) in [6.45, 7) is 9.87. The summed E-state index contributed by atoms with van der Waals surface area (Å²) in [7, 11) is 0. The first kappa shape index (κ1) is 21.9. The maximum atomic E-state index is 12.7. The third-order valence-corrected chi connectivity index (χ3v) is 5.25. The molecule has 0 N–H and O–H groups in total. The minimum Gasteiger partial charge on any atom is -0.486 e. The summed E-state index contributed by atoms with van der Waals surface area (Å²) in [6, 6.07) is 15.6. The van der Waals surface area contributed by atoms with Gasteiger partial charge in [0.1, 0.15) is 11.9 Å². The zero-order valence-corrected chi connectivity index (χ0v) is 18.3. The molecule has 5 nitrogen and oxygen atoms in total. The highest BCUT2D eigenvalue weighted by atomic mass is 16.5. The number of nitrogens with zero attached hydrogens (tertiary/aromatic N) is 1. The number of carbonyl (C=O) groups is 2. The number of likely N-dealkylation sites (tertiary alicyclic amines) is 1. The monoisotopic (exact) mass is 409 g/mol. The highest BCUT2D eigenvalue weighted by Gasteiger charge is 2.33. The zero-order chi connectivity index (χ0) is 21.7. The van der Waals surface area contributed by atoms with Gasteiger partial charge in [0, 0.05) is 12.0 Å². The SMILES string of the molecule is CCOC(=O)CCc1ccc(C(=O)N2CC(Oc3ccccc3C(C)(C)C)C2)cc1. The fourth-order valence-electron chi connectivity index (χ4n) is 3.52. The number of rotatable bonds is 7. The lowest BCUT2D eigenvalue weighted by atomic mass is 9.86. The van der Waals surface area contributed by atoms with E-state index in [0.29, 0.717) is 38.1 Å². The second-order valence-electron chi connectivity index (χ2n) is 8.70. The minimum absolute atomic E-state index is 0.00483. The van der Waals surface area contributed by atoms with Crippen LogP contribution in [0.25, 0.3) is 0 Å². The van der Waals surface area contributed by atoms with Crippen LogP contribution in [0, 0.1) is 0 Å². The van der Waals surface area contributed by atoms with E-state index >= 15 is 0 Å². The summed E-state index contributed by atoms with van der Waals surface area (Å²) < 4.78 is 11.1. The molecule has 3 rings (SSSR count). The van der Waals surface area contributed by atoms with Gasteiger partial charge in [-0.25, -0.2) is 0 Å². The first-order chi connectivity index (χ1) is 14.3. The van der Waals surface area contributed by atoms with E-state index in [0.717, 1.165) is 11.3 Å². The fourth-order valence-corrected chi connectivity index (χ4v) is 3.52. The summed E-state index contributed by atoms with van der Waals surface area (Å²) in [5.41, 5.74) is 2.85. The molecule has 160 valence electrons. The molecule has 1 aliphatic rings. The van der Waals surface area contributed by atoms with Crippen molar-refractivity contribution < 1.29 is 19.1 Å². The lowest BCUT2D eigenvalue weighted by molar-refractivity contribution is -0.143. The van der Waals surface area contributed by atoms with E-state index in [9.17, 15) is 9.59 Å². The van der Waals surface area contributed by atoms with E-state index in [1.54, 1.807) is 11.8 Å². The van der Waals surface area contributed by atoms with E-state index in [2.05, 4.69) is 26.8 Å². The fraction of sp³-hybridized carbons (Fsp3) is 0.440. The number of amides is 1. The van der Waals surface area contributed by atoms with Gasteiger partial charge in [-0.3, -0.25) is 9.59 Å². The third kappa shape index (κ3) is 5.41. The van der Waals surface area contributed by atoms with E-state index in [1.807, 2.05) is 42.5 Å². The Kier molecular flexibility index (Phi) is 6.80. The summed E-state index contributed by atoms with van der Waals surface area (Å²) >= 11 is 0. The van der Waals surface area contributed by atoms with Gasteiger partial charge in [0.25, 0.3) is 5.91 Å². The highest BCUT2D eigenvalue weighted by molar-refractivity contribution is 5.94. The van der Waals surface area contributed by atoms with Crippen LogP contribution in [0.4, 0.5) is 0 Å². The number of hydrogen-bond acceptors (Lipinski definition) is 4. The number of para-hydroxylation sites is 1. The van der Waals surface area contributed by atoms with Crippen LogP contribution in [0.15, 0.2) is 48.5 Å². The van der Waals surface area contributed by atoms with Crippen LogP contribution in [0.5, 0.6) is 5.75 Å². The number of carbonyl (C=O) groups excluding carboxylic acids is 2. The van der Waals surface area contributed by atoms with Crippen LogP contribution in [0.3, 0.4) is 0 Å². The van der Waals surface area contributed by atoms with Crippen LogP contribution < -0.4 is 4.74 Å². The summed E-state index contributed by atoms with van der Waals surface area (Å²) in [5.74, 6) is 0.709. The van der Waals surface area contributed by atoms with Gasteiger partial charge in [0.2, 0.25) is 0 Å². The minimum atomic E-state index is -0.197. The Labute approximate surface area is 179 Å². The second kappa shape index (κ2) is 9.33. The van der Waals surface area contributed by atoms with Crippen molar-refractivity contribution in [3.05, 3.63) is 65.2 Å². The second-order valence-corrected chi connectivity index (χ2v) is 8.70. The molecule has 1 aliphatic heterocycles. The number of hydrogen-bond donors (Lipinski definition) is 0. The highest BCUT2D eigenvalue weighted by Crippen LogP contribution is 2.32. The molecule has 0 spiro atoms. The number of aryl methyl sites for hydroxylation is 1. The molecule has 0 radical (unpaired) electrons. The average Bonchev–Trinajstić information content (AvgIpc) is 2.68. The van der Waals surface area contributed by atoms with Crippen LogP contribution >= 0.6 is 0 Å². The molecule has 0 bridgehead atoms. The predicted molar refractivity (Wildman–Crippen MR) is 117 cm³/mol. The van der Waals surface area contributed by atoms with Crippen molar-refractivity contribution in [2.24, 2.45) is 0 Å². The van der Waals surface area contributed by atoms with Gasteiger partial charge in [0.15, 0.2) is 0 Å². The molecule has 0 atom stereocenters. The maximum absolute atomic E-state index is 12.7. The predicted octanol–water partition coefficient (Wildman–Crippen LogP) is 4.38. The van der Waals surface area contributed by atoms with Gasteiger partial charge >= 0.3 is 5.97 Å². The van der Waals surface area contributed by atoms with Crippen LogP contribution in [-0.2, 0) is 21.4 Å². The lowest BCUT2D eigenvalue weighted by Crippen LogP contribution is -2.56. The number of esters is 1. The van der Waals surface area contributed by atoms with Crippen LogP contribution in [0.1, 0.15) is 55.6 Å². The van der Waals surface area contributed by atoms with Crippen molar-refractivity contribution in [3.63, 3.8) is 0 Å². The van der Waals surface area contributed by atoms with Crippen LogP contribution in [-0.4, -0.2) is 42.6 Å². The van der Waals surface area contributed by atoms with Gasteiger partial charge in [0.05, 0.1) is 19.7 Å². The molecule has 2 aromatic carbocycles. The zero-order valence-electron chi connectivity index (χ0n) is 18.3. The molecular weight excluding hydrogens is 378 g/mol. The van der Waals surface area contributed by atoms with Crippen molar-refractivity contribution in [2.45, 2.75) is 52.1 Å². The first-order valence-corrected chi connectivity index (χ1v) is 10.6. The standard InChI is InChI=1S/C25H31NO4/c1-5-29-23(27)15-12-18-10-13-19(14-11-18)24(28)26-16-20(17-26)30-22-9-7-6-8-21(22)25(2,3)4/h6-11,13-14,20H,5,12,15-17H2,1-4H3. The molecule has 30 heavy (non-hydrogen) atoms. The molecule has 0 aliphatic carbocycles. The Morgan fingerprint density at radius 2 is 1.70 bits per heavy atom. The van der Waals surface area contributed by atoms with E-state index in [4.69, 9.17) is 9.47 Å². The molecular formula is C25H31NO4. The molecule has 0 aromatic heterocycles. The van der Waals surface area contributed by atoms with Crippen molar-refractivity contribution in [3.8, 4) is 5.75 Å². The molecule has 0 unspecified atom stereocenters. The molecule has 1 amide bonds. The summed E-state index contributed by atoms with van der Waals surface area (Å²) in [4.78, 5) is 26.0. The Hall–Kier alpha value is -2.82.